The highest BCUT2D eigenvalue weighted by molar-refractivity contribution is 6.08. The van der Waals surface area contributed by atoms with Crippen LogP contribution < -0.4 is 0 Å². The number of tetrazole rings is 1. The molecule has 1 aromatic rings. The van der Waals surface area contributed by atoms with Crippen LogP contribution in [-0.4, -0.2) is 31.5 Å². The molecular weight excluding hydrogens is 172 g/mol. The maximum absolute atomic E-state index is 11.0. The number of hydrogen-bond donors (Lipinski definition) is 2. The lowest BCUT2D eigenvalue weighted by molar-refractivity contribution is -0.113. The van der Waals surface area contributed by atoms with Gasteiger partial charge < -0.3 is 5.11 Å². The number of carbonyl (C=O) groups excluding carboxylic acids is 1. The Bertz CT molecular complexity index is 391. The van der Waals surface area contributed by atoms with Crippen molar-refractivity contribution in [3.05, 3.63) is 23.7 Å². The van der Waals surface area contributed by atoms with E-state index in [1.165, 1.54) is 6.08 Å². The van der Waals surface area contributed by atoms with Gasteiger partial charge >= 0.3 is 0 Å². The Labute approximate surface area is 73.0 Å². The molecule has 0 saturated carbocycles. The summed E-state index contributed by atoms with van der Waals surface area (Å²) in [7, 11) is 0. The van der Waals surface area contributed by atoms with Crippen LogP contribution in [0.1, 0.15) is 12.2 Å². The molecule has 0 bridgehead atoms. The summed E-state index contributed by atoms with van der Waals surface area (Å²) >= 11 is 0. The summed E-state index contributed by atoms with van der Waals surface area (Å²) in [5.41, 5.74) is 0.404. The van der Waals surface area contributed by atoms with Crippen LogP contribution in [0.4, 0.5) is 0 Å². The Kier molecular flexibility index (Phi) is 1.66. The van der Waals surface area contributed by atoms with Crippen molar-refractivity contribution in [2.24, 2.45) is 0 Å². The number of aromatic nitrogens is 4. The molecule has 0 radical (unpaired) electrons. The van der Waals surface area contributed by atoms with Gasteiger partial charge in [0.1, 0.15) is 0 Å². The molecule has 0 fully saturated rings. The van der Waals surface area contributed by atoms with Crippen molar-refractivity contribution < 1.29 is 9.90 Å². The lowest BCUT2D eigenvalue weighted by Crippen LogP contribution is -2.06. The SMILES string of the molecule is O=C1C=CCC(c2nn[nH]n2)=C1O. The minimum atomic E-state index is -0.425. The van der Waals surface area contributed by atoms with Crippen molar-refractivity contribution in [3.8, 4) is 0 Å². The van der Waals surface area contributed by atoms with Crippen LogP contribution in [0, 0.1) is 0 Å². The molecule has 1 aliphatic rings. The van der Waals surface area contributed by atoms with Gasteiger partial charge in [0.15, 0.2) is 5.76 Å². The number of H-pyrrole nitrogens is 1. The molecule has 0 aromatic carbocycles. The van der Waals surface area contributed by atoms with Crippen LogP contribution in [0.25, 0.3) is 5.57 Å². The number of aliphatic hydroxyl groups excluding tert-OH is 1. The molecule has 2 N–H and O–H groups in total. The van der Waals surface area contributed by atoms with Crippen LogP contribution in [0.15, 0.2) is 17.9 Å². The Balaban J connectivity index is 2.44. The number of nitrogens with zero attached hydrogens (tertiary/aromatic N) is 3. The van der Waals surface area contributed by atoms with Gasteiger partial charge in [0.25, 0.3) is 0 Å². The lowest BCUT2D eigenvalue weighted by Gasteiger charge is -2.06. The second-order valence-corrected chi connectivity index (χ2v) is 2.53. The fourth-order valence-electron chi connectivity index (χ4n) is 1.09. The van der Waals surface area contributed by atoms with E-state index in [1.54, 1.807) is 6.08 Å². The van der Waals surface area contributed by atoms with Gasteiger partial charge in [-0.15, -0.1) is 10.2 Å². The van der Waals surface area contributed by atoms with Crippen molar-refractivity contribution in [2.75, 3.05) is 0 Å². The summed E-state index contributed by atoms with van der Waals surface area (Å²) in [6.07, 6.45) is 3.41. The van der Waals surface area contributed by atoms with Crippen molar-refractivity contribution in [1.82, 2.24) is 20.6 Å². The molecule has 0 aliphatic heterocycles. The molecule has 0 spiro atoms. The largest absolute Gasteiger partial charge is 0.504 e. The molecule has 6 nitrogen and oxygen atoms in total. The molecule has 6 heteroatoms. The average molecular weight is 178 g/mol. The summed E-state index contributed by atoms with van der Waals surface area (Å²) in [5.74, 6) is -0.467. The molecule has 0 amide bonds. The molecule has 1 heterocycles. The van der Waals surface area contributed by atoms with Crippen LogP contribution >= 0.6 is 0 Å². The summed E-state index contributed by atoms with van der Waals surface area (Å²) in [6.45, 7) is 0. The van der Waals surface area contributed by atoms with Crippen LogP contribution in [0.2, 0.25) is 0 Å². The minimum Gasteiger partial charge on any atom is -0.504 e. The van der Waals surface area contributed by atoms with Crippen molar-refractivity contribution in [1.29, 1.82) is 0 Å². The monoisotopic (exact) mass is 178 g/mol. The Hall–Kier alpha value is -1.98. The molecule has 0 unspecified atom stereocenters. The normalized spacial score (nSPS) is 16.8. The number of rotatable bonds is 1. The van der Waals surface area contributed by atoms with Crippen molar-refractivity contribution in [3.63, 3.8) is 0 Å². The zero-order chi connectivity index (χ0) is 9.26. The van der Waals surface area contributed by atoms with E-state index in [4.69, 9.17) is 0 Å². The highest BCUT2D eigenvalue weighted by atomic mass is 16.3. The third-order valence-electron chi connectivity index (χ3n) is 1.73. The van der Waals surface area contributed by atoms with E-state index >= 15 is 0 Å². The van der Waals surface area contributed by atoms with Gasteiger partial charge in [0.05, 0.1) is 5.57 Å². The van der Waals surface area contributed by atoms with Crippen LogP contribution in [-0.2, 0) is 4.79 Å². The first-order valence-electron chi connectivity index (χ1n) is 3.66. The highest BCUT2D eigenvalue weighted by Gasteiger charge is 2.19. The van der Waals surface area contributed by atoms with Crippen LogP contribution in [0.3, 0.4) is 0 Å². The highest BCUT2D eigenvalue weighted by Crippen LogP contribution is 2.21. The summed E-state index contributed by atoms with van der Waals surface area (Å²) in [6, 6.07) is 0. The molecule has 1 aliphatic carbocycles. The first kappa shape index (κ1) is 7.66. The van der Waals surface area contributed by atoms with E-state index in [9.17, 15) is 9.90 Å². The molecule has 13 heavy (non-hydrogen) atoms. The number of nitrogens with one attached hydrogen (secondary N) is 1. The van der Waals surface area contributed by atoms with Gasteiger partial charge in [0.2, 0.25) is 11.6 Å². The Morgan fingerprint density at radius 1 is 1.54 bits per heavy atom. The summed E-state index contributed by atoms with van der Waals surface area (Å²) in [5, 5.41) is 22.3. The maximum atomic E-state index is 11.0. The van der Waals surface area contributed by atoms with Gasteiger partial charge in [-0.05, 0) is 17.7 Å². The van der Waals surface area contributed by atoms with E-state index in [0.29, 0.717) is 12.0 Å². The molecule has 0 saturated heterocycles. The fraction of sp³-hybridized carbons (Fsp3) is 0.143. The molecule has 2 rings (SSSR count). The Morgan fingerprint density at radius 3 is 3.08 bits per heavy atom. The standard InChI is InChI=1S/C7H6N4O2/c12-5-3-1-2-4(6(5)13)7-8-10-11-9-7/h1,3,13H,2H2,(H,8,9,10,11). The smallest absolute Gasteiger partial charge is 0.220 e. The van der Waals surface area contributed by atoms with E-state index in [0.717, 1.165) is 0 Å². The zero-order valence-corrected chi connectivity index (χ0v) is 6.56. The van der Waals surface area contributed by atoms with Gasteiger partial charge in [0, 0.05) is 0 Å². The fourth-order valence-corrected chi connectivity index (χ4v) is 1.09. The Morgan fingerprint density at radius 2 is 2.38 bits per heavy atom. The third kappa shape index (κ3) is 1.22. The summed E-state index contributed by atoms with van der Waals surface area (Å²) in [4.78, 5) is 11.0. The molecule has 0 atom stereocenters. The quantitative estimate of drug-likeness (QED) is 0.631. The maximum Gasteiger partial charge on any atom is 0.220 e. The van der Waals surface area contributed by atoms with Crippen molar-refractivity contribution in [2.45, 2.75) is 6.42 Å². The second-order valence-electron chi connectivity index (χ2n) is 2.53. The van der Waals surface area contributed by atoms with Gasteiger partial charge in [-0.2, -0.15) is 5.21 Å². The first-order valence-corrected chi connectivity index (χ1v) is 3.66. The van der Waals surface area contributed by atoms with E-state index in [2.05, 4.69) is 20.6 Å². The number of aromatic amines is 1. The van der Waals surface area contributed by atoms with E-state index in [1.807, 2.05) is 0 Å². The second kappa shape index (κ2) is 2.81. The zero-order valence-electron chi connectivity index (χ0n) is 6.56. The number of aliphatic hydroxyl groups is 1. The summed E-state index contributed by atoms with van der Waals surface area (Å²) < 4.78 is 0. The topological polar surface area (TPSA) is 91.8 Å². The van der Waals surface area contributed by atoms with Gasteiger partial charge in [-0.3, -0.25) is 4.79 Å². The molecule has 1 aromatic heterocycles. The molecule has 66 valence electrons. The van der Waals surface area contributed by atoms with E-state index < -0.39 is 5.78 Å². The van der Waals surface area contributed by atoms with Gasteiger partial charge in [-0.25, -0.2) is 0 Å². The van der Waals surface area contributed by atoms with Gasteiger partial charge in [-0.1, -0.05) is 6.08 Å². The number of allylic oxidation sites excluding steroid dienone is 3. The number of hydrogen-bond acceptors (Lipinski definition) is 5. The first-order chi connectivity index (χ1) is 6.29. The minimum absolute atomic E-state index is 0.259. The predicted octanol–water partition coefficient (Wildman–Crippen LogP) is -0.00220. The molecular formula is C7H6N4O2. The van der Waals surface area contributed by atoms with E-state index in [-0.39, 0.29) is 11.6 Å². The third-order valence-corrected chi connectivity index (χ3v) is 1.73. The number of carbonyl (C=O) groups is 1. The number of ketones is 1. The predicted molar refractivity (Wildman–Crippen MR) is 42.5 cm³/mol. The lowest BCUT2D eigenvalue weighted by atomic mass is 10.0. The van der Waals surface area contributed by atoms with Crippen LogP contribution in [0.5, 0.6) is 0 Å². The van der Waals surface area contributed by atoms with Crippen molar-refractivity contribution >= 4 is 11.4 Å². The average Bonchev–Trinajstić information content (AvgIpc) is 2.62.